The topological polar surface area (TPSA) is 104 Å². The number of likely N-dealkylation sites (N-methyl/N-ethyl adjacent to an activating group) is 1. The lowest BCUT2D eigenvalue weighted by Gasteiger charge is -2.19. The minimum absolute atomic E-state index is 0.371. The van der Waals surface area contributed by atoms with Gasteiger partial charge >= 0.3 is 0 Å². The smallest absolute Gasteiger partial charge is 0.242 e. The largest absolute Gasteiger partial charge is 0.394 e. The molecule has 0 aliphatic carbocycles. The summed E-state index contributed by atoms with van der Waals surface area (Å²) in [7, 11) is 1.66. The fraction of sp³-hybridized carbons (Fsp3) is 0.385. The number of rotatable bonds is 7. The van der Waals surface area contributed by atoms with Gasteiger partial charge < -0.3 is 21.5 Å². The van der Waals surface area contributed by atoms with Gasteiger partial charge in [-0.3, -0.25) is 9.59 Å². The second kappa shape index (κ2) is 7.50. The van der Waals surface area contributed by atoms with E-state index in [1.807, 2.05) is 30.3 Å². The number of amides is 2. The predicted octanol–water partition coefficient (Wildman–Crippen LogP) is -1.22. The Labute approximate surface area is 112 Å². The summed E-state index contributed by atoms with van der Waals surface area (Å²) in [6, 6.07) is 7.95. The van der Waals surface area contributed by atoms with Crippen LogP contribution in [-0.2, 0) is 16.0 Å². The van der Waals surface area contributed by atoms with E-state index in [0.717, 1.165) is 5.56 Å². The van der Waals surface area contributed by atoms with Crippen LogP contribution in [0.5, 0.6) is 0 Å². The quantitative estimate of drug-likeness (QED) is 0.496. The molecule has 0 saturated carbocycles. The third-order valence-corrected chi connectivity index (χ3v) is 2.79. The molecule has 6 nitrogen and oxygen atoms in total. The van der Waals surface area contributed by atoms with Crippen molar-refractivity contribution in [2.24, 2.45) is 5.73 Å². The molecule has 2 atom stereocenters. The lowest BCUT2D eigenvalue weighted by atomic mass is 10.1. The van der Waals surface area contributed by atoms with Gasteiger partial charge in [0.1, 0.15) is 6.04 Å². The summed E-state index contributed by atoms with van der Waals surface area (Å²) in [5.41, 5.74) is 6.05. The molecular weight excluding hydrogens is 246 g/mol. The highest BCUT2D eigenvalue weighted by Crippen LogP contribution is 2.03. The number of carbonyl (C=O) groups is 2. The molecule has 0 radical (unpaired) electrons. The molecule has 0 spiro atoms. The van der Waals surface area contributed by atoms with E-state index in [4.69, 9.17) is 10.8 Å². The molecule has 19 heavy (non-hydrogen) atoms. The van der Waals surface area contributed by atoms with Gasteiger partial charge in [-0.15, -0.1) is 0 Å². The standard InChI is InChI=1S/C13H19N3O3/c1-15-10(7-9-5-3-2-4-6-9)13(19)16-11(8-17)12(14)18/h2-6,10-11,15,17H,7-8H2,1H3,(H2,14,18)(H,16,19)/t10-,11-/m0/s1. The molecule has 0 aliphatic rings. The number of nitrogens with one attached hydrogen (secondary N) is 2. The first-order valence-corrected chi connectivity index (χ1v) is 6.00. The van der Waals surface area contributed by atoms with Gasteiger partial charge in [-0.05, 0) is 19.0 Å². The van der Waals surface area contributed by atoms with E-state index >= 15 is 0 Å². The number of nitrogens with two attached hydrogens (primary N) is 1. The first-order valence-electron chi connectivity index (χ1n) is 6.00. The maximum Gasteiger partial charge on any atom is 0.242 e. The van der Waals surface area contributed by atoms with Crippen LogP contribution >= 0.6 is 0 Å². The maximum absolute atomic E-state index is 12.0. The number of aliphatic hydroxyl groups excluding tert-OH is 1. The summed E-state index contributed by atoms with van der Waals surface area (Å²) in [6.07, 6.45) is 0.486. The maximum atomic E-state index is 12.0. The Bertz CT molecular complexity index is 422. The van der Waals surface area contributed by atoms with Gasteiger partial charge in [-0.1, -0.05) is 30.3 Å². The molecule has 0 saturated heterocycles. The van der Waals surface area contributed by atoms with E-state index in [-0.39, 0.29) is 5.91 Å². The summed E-state index contributed by atoms with van der Waals surface area (Å²) in [4.78, 5) is 22.9. The van der Waals surface area contributed by atoms with Crippen LogP contribution in [0.3, 0.4) is 0 Å². The van der Waals surface area contributed by atoms with Crippen molar-refractivity contribution in [2.75, 3.05) is 13.7 Å². The number of aliphatic hydroxyl groups is 1. The molecule has 5 N–H and O–H groups in total. The van der Waals surface area contributed by atoms with Crippen LogP contribution in [0.25, 0.3) is 0 Å². The third-order valence-electron chi connectivity index (χ3n) is 2.79. The minimum Gasteiger partial charge on any atom is -0.394 e. The van der Waals surface area contributed by atoms with Crippen molar-refractivity contribution in [3.63, 3.8) is 0 Å². The molecule has 104 valence electrons. The molecule has 0 fully saturated rings. The molecule has 0 bridgehead atoms. The lowest BCUT2D eigenvalue weighted by Crippen LogP contribution is -2.53. The van der Waals surface area contributed by atoms with Gasteiger partial charge in [0, 0.05) is 0 Å². The van der Waals surface area contributed by atoms with Crippen LogP contribution in [0, 0.1) is 0 Å². The Kier molecular flexibility index (Phi) is 5.98. The van der Waals surface area contributed by atoms with Gasteiger partial charge in [-0.2, -0.15) is 0 Å². The monoisotopic (exact) mass is 265 g/mol. The van der Waals surface area contributed by atoms with E-state index in [1.165, 1.54) is 0 Å². The predicted molar refractivity (Wildman–Crippen MR) is 71.2 cm³/mol. The van der Waals surface area contributed by atoms with Crippen LogP contribution in [-0.4, -0.2) is 42.7 Å². The second-order valence-corrected chi connectivity index (χ2v) is 4.18. The van der Waals surface area contributed by atoms with Crippen LogP contribution in [0.4, 0.5) is 0 Å². The van der Waals surface area contributed by atoms with Crippen molar-refractivity contribution in [3.05, 3.63) is 35.9 Å². The first kappa shape index (κ1) is 15.1. The zero-order chi connectivity index (χ0) is 14.3. The first-order chi connectivity index (χ1) is 9.08. The summed E-state index contributed by atoms with van der Waals surface area (Å²) in [6.45, 7) is -0.511. The van der Waals surface area contributed by atoms with Crippen molar-refractivity contribution in [3.8, 4) is 0 Å². The number of hydrogen-bond acceptors (Lipinski definition) is 4. The number of hydrogen-bond donors (Lipinski definition) is 4. The molecule has 0 aromatic heterocycles. The Hall–Kier alpha value is -1.92. The Balaban J connectivity index is 2.64. The third kappa shape index (κ3) is 4.69. The summed E-state index contributed by atoms with van der Waals surface area (Å²) >= 11 is 0. The fourth-order valence-electron chi connectivity index (χ4n) is 1.65. The van der Waals surface area contributed by atoms with Crippen LogP contribution < -0.4 is 16.4 Å². The van der Waals surface area contributed by atoms with E-state index in [9.17, 15) is 9.59 Å². The fourth-order valence-corrected chi connectivity index (χ4v) is 1.65. The van der Waals surface area contributed by atoms with E-state index < -0.39 is 24.6 Å². The van der Waals surface area contributed by atoms with Gasteiger partial charge in [0.25, 0.3) is 0 Å². The van der Waals surface area contributed by atoms with Crippen molar-refractivity contribution in [1.29, 1.82) is 0 Å². The molecule has 1 aromatic carbocycles. The normalized spacial score (nSPS) is 13.6. The van der Waals surface area contributed by atoms with E-state index in [2.05, 4.69) is 10.6 Å². The zero-order valence-electron chi connectivity index (χ0n) is 10.8. The molecule has 2 amide bonds. The molecule has 6 heteroatoms. The molecule has 0 heterocycles. The van der Waals surface area contributed by atoms with Crippen molar-refractivity contribution in [1.82, 2.24) is 10.6 Å². The van der Waals surface area contributed by atoms with Crippen molar-refractivity contribution >= 4 is 11.8 Å². The zero-order valence-corrected chi connectivity index (χ0v) is 10.8. The molecule has 0 aliphatic heterocycles. The SMILES string of the molecule is CN[C@@H](Cc1ccccc1)C(=O)N[C@@H](CO)C(N)=O. The minimum atomic E-state index is -1.06. The van der Waals surface area contributed by atoms with Gasteiger partial charge in [0.05, 0.1) is 12.6 Å². The van der Waals surface area contributed by atoms with E-state index in [1.54, 1.807) is 7.05 Å². The van der Waals surface area contributed by atoms with Gasteiger partial charge in [0.15, 0.2) is 0 Å². The van der Waals surface area contributed by atoms with Crippen LogP contribution in [0.2, 0.25) is 0 Å². The number of benzene rings is 1. The summed E-state index contributed by atoms with van der Waals surface area (Å²) in [5, 5.41) is 14.2. The molecule has 1 aromatic rings. The summed E-state index contributed by atoms with van der Waals surface area (Å²) < 4.78 is 0. The second-order valence-electron chi connectivity index (χ2n) is 4.18. The average Bonchev–Trinajstić information content (AvgIpc) is 2.42. The van der Waals surface area contributed by atoms with Crippen LogP contribution in [0.1, 0.15) is 5.56 Å². The van der Waals surface area contributed by atoms with Crippen molar-refractivity contribution in [2.45, 2.75) is 18.5 Å². The van der Waals surface area contributed by atoms with E-state index in [0.29, 0.717) is 6.42 Å². The molecule has 1 rings (SSSR count). The highest BCUT2D eigenvalue weighted by Gasteiger charge is 2.22. The van der Waals surface area contributed by atoms with Crippen molar-refractivity contribution < 1.29 is 14.7 Å². The highest BCUT2D eigenvalue weighted by molar-refractivity contribution is 5.89. The molecule has 0 unspecified atom stereocenters. The Morgan fingerprint density at radius 3 is 2.37 bits per heavy atom. The number of primary amides is 1. The average molecular weight is 265 g/mol. The molecular formula is C13H19N3O3. The Morgan fingerprint density at radius 2 is 1.89 bits per heavy atom. The van der Waals surface area contributed by atoms with Crippen LogP contribution in [0.15, 0.2) is 30.3 Å². The number of carbonyl (C=O) groups excluding carboxylic acids is 2. The Morgan fingerprint density at radius 1 is 1.26 bits per heavy atom. The lowest BCUT2D eigenvalue weighted by molar-refractivity contribution is -0.129. The van der Waals surface area contributed by atoms with Gasteiger partial charge in [-0.25, -0.2) is 0 Å². The summed E-state index contributed by atoms with van der Waals surface area (Å²) in [5.74, 6) is -1.13. The van der Waals surface area contributed by atoms with Gasteiger partial charge in [0.2, 0.25) is 11.8 Å². The highest BCUT2D eigenvalue weighted by atomic mass is 16.3.